The Hall–Kier alpha value is 0.440. The van der Waals surface area contributed by atoms with E-state index in [0.717, 1.165) is 12.8 Å². The average Bonchev–Trinajstić information content (AvgIpc) is 2.26. The Bertz CT molecular complexity index is 574. The van der Waals surface area contributed by atoms with E-state index in [1.54, 1.807) is 0 Å². The summed E-state index contributed by atoms with van der Waals surface area (Å²) in [6, 6.07) is 2.89. The van der Waals surface area contributed by atoms with Crippen LogP contribution in [0.3, 0.4) is 0 Å². The fourth-order valence-corrected chi connectivity index (χ4v) is 5.52. The van der Waals surface area contributed by atoms with Crippen LogP contribution in [0.2, 0.25) is 10.0 Å². The van der Waals surface area contributed by atoms with Gasteiger partial charge < -0.3 is 5.73 Å². The average molecular weight is 425 g/mol. The molecule has 0 aliphatic carbocycles. The van der Waals surface area contributed by atoms with E-state index in [0.29, 0.717) is 17.6 Å². The van der Waals surface area contributed by atoms with Crippen LogP contribution in [0.4, 0.5) is 0 Å². The summed E-state index contributed by atoms with van der Waals surface area (Å²) in [5.74, 6) is 0. The van der Waals surface area contributed by atoms with E-state index in [2.05, 4.69) is 15.9 Å². The number of sulfonamides is 1. The van der Waals surface area contributed by atoms with Crippen LogP contribution in [-0.4, -0.2) is 31.9 Å². The predicted octanol–water partition coefficient (Wildman–Crippen LogP) is 3.29. The summed E-state index contributed by atoms with van der Waals surface area (Å²) in [5.41, 5.74) is 5.82. The minimum Gasteiger partial charge on any atom is -0.327 e. The lowest BCUT2D eigenvalue weighted by molar-refractivity contribution is 0.316. The first-order valence-corrected chi connectivity index (χ1v) is 8.71. The van der Waals surface area contributed by atoms with Crippen LogP contribution in [0.1, 0.15) is 12.8 Å². The predicted molar refractivity (Wildman–Crippen MR) is 87.4 cm³/mol. The highest BCUT2D eigenvalue weighted by Gasteiger charge is 2.32. The molecular weight excluding hydrogens is 410 g/mol. The molecule has 4 nitrogen and oxygen atoms in total. The standard InChI is InChI=1S/C11H13BrCl2N2O2S.ClH/c12-7-4-9(13)11(10(14)5-7)19(17,18)16-3-1-2-8(15)6-16;/h4-5,8H,1-3,6,15H2;1H. The molecule has 2 rings (SSSR count). The summed E-state index contributed by atoms with van der Waals surface area (Å²) in [4.78, 5) is -0.0480. The third-order valence-electron chi connectivity index (χ3n) is 2.98. The van der Waals surface area contributed by atoms with Crippen LogP contribution in [0.15, 0.2) is 21.5 Å². The second kappa shape index (κ2) is 7.13. The van der Waals surface area contributed by atoms with E-state index in [1.807, 2.05) is 0 Å². The quantitative estimate of drug-likeness (QED) is 0.792. The van der Waals surface area contributed by atoms with Crippen molar-refractivity contribution in [2.24, 2.45) is 5.73 Å². The molecule has 0 aromatic heterocycles. The molecule has 1 aliphatic rings. The van der Waals surface area contributed by atoms with E-state index in [9.17, 15) is 8.42 Å². The second-order valence-electron chi connectivity index (χ2n) is 4.46. The number of hydrogen-bond donors (Lipinski definition) is 1. The number of nitrogens with two attached hydrogens (primary N) is 1. The first-order chi connectivity index (χ1) is 8.82. The molecule has 2 N–H and O–H groups in total. The van der Waals surface area contributed by atoms with Gasteiger partial charge in [-0.3, -0.25) is 0 Å². The summed E-state index contributed by atoms with van der Waals surface area (Å²) in [6.07, 6.45) is 1.57. The van der Waals surface area contributed by atoms with Gasteiger partial charge in [0.25, 0.3) is 0 Å². The van der Waals surface area contributed by atoms with Gasteiger partial charge in [0.2, 0.25) is 10.0 Å². The highest BCUT2D eigenvalue weighted by Crippen LogP contribution is 2.35. The molecule has 9 heteroatoms. The number of benzene rings is 1. The Labute approximate surface area is 143 Å². The molecule has 114 valence electrons. The van der Waals surface area contributed by atoms with Gasteiger partial charge in [-0.25, -0.2) is 8.42 Å². The molecule has 1 aromatic carbocycles. The molecular formula is C11H14BrCl3N2O2S. The Morgan fingerprint density at radius 1 is 1.30 bits per heavy atom. The van der Waals surface area contributed by atoms with Crippen molar-refractivity contribution in [3.05, 3.63) is 26.7 Å². The van der Waals surface area contributed by atoms with Crippen LogP contribution in [0, 0.1) is 0 Å². The van der Waals surface area contributed by atoms with Gasteiger partial charge in [0.15, 0.2) is 0 Å². The summed E-state index contributed by atoms with van der Waals surface area (Å²) >= 11 is 15.3. The van der Waals surface area contributed by atoms with Gasteiger partial charge in [0.1, 0.15) is 4.90 Å². The minimum atomic E-state index is -3.70. The van der Waals surface area contributed by atoms with E-state index >= 15 is 0 Å². The Morgan fingerprint density at radius 2 is 1.85 bits per heavy atom. The lowest BCUT2D eigenvalue weighted by Gasteiger charge is -2.30. The van der Waals surface area contributed by atoms with Gasteiger partial charge in [-0.05, 0) is 25.0 Å². The maximum atomic E-state index is 12.6. The highest BCUT2D eigenvalue weighted by molar-refractivity contribution is 9.10. The van der Waals surface area contributed by atoms with Gasteiger partial charge in [-0.2, -0.15) is 4.31 Å². The van der Waals surface area contributed by atoms with Crippen LogP contribution >= 0.6 is 51.5 Å². The summed E-state index contributed by atoms with van der Waals surface area (Å²) in [6.45, 7) is 0.740. The molecule has 0 amide bonds. The maximum absolute atomic E-state index is 12.6. The lowest BCUT2D eigenvalue weighted by Crippen LogP contribution is -2.45. The molecule has 1 aromatic rings. The van der Waals surface area contributed by atoms with Gasteiger partial charge in [-0.15, -0.1) is 12.4 Å². The zero-order chi connectivity index (χ0) is 14.2. The van der Waals surface area contributed by atoms with Crippen LogP contribution < -0.4 is 5.73 Å². The molecule has 1 saturated heterocycles. The number of nitrogens with zero attached hydrogens (tertiary/aromatic N) is 1. The maximum Gasteiger partial charge on any atom is 0.246 e. The molecule has 1 aliphatic heterocycles. The topological polar surface area (TPSA) is 63.4 Å². The van der Waals surface area contributed by atoms with Crippen molar-refractivity contribution in [2.75, 3.05) is 13.1 Å². The van der Waals surface area contributed by atoms with E-state index < -0.39 is 10.0 Å². The van der Waals surface area contributed by atoms with Gasteiger partial charge in [0, 0.05) is 23.6 Å². The molecule has 0 radical (unpaired) electrons. The van der Waals surface area contributed by atoms with Gasteiger partial charge in [-0.1, -0.05) is 39.1 Å². The first-order valence-electron chi connectivity index (χ1n) is 5.72. The molecule has 0 spiro atoms. The lowest BCUT2D eigenvalue weighted by atomic mass is 10.1. The summed E-state index contributed by atoms with van der Waals surface area (Å²) < 4.78 is 27.1. The highest BCUT2D eigenvalue weighted by atomic mass is 79.9. The largest absolute Gasteiger partial charge is 0.327 e. The third-order valence-corrected chi connectivity index (χ3v) is 6.23. The van der Waals surface area contributed by atoms with Crippen molar-refractivity contribution < 1.29 is 8.42 Å². The van der Waals surface area contributed by atoms with Crippen LogP contribution in [0.25, 0.3) is 0 Å². The smallest absolute Gasteiger partial charge is 0.246 e. The Morgan fingerprint density at radius 3 is 2.35 bits per heavy atom. The monoisotopic (exact) mass is 422 g/mol. The van der Waals surface area contributed by atoms with Crippen molar-refractivity contribution in [1.29, 1.82) is 0 Å². The van der Waals surface area contributed by atoms with E-state index in [4.69, 9.17) is 28.9 Å². The number of piperidine rings is 1. The summed E-state index contributed by atoms with van der Waals surface area (Å²) in [7, 11) is -3.70. The zero-order valence-corrected chi connectivity index (χ0v) is 15.1. The molecule has 20 heavy (non-hydrogen) atoms. The normalized spacial score (nSPS) is 20.5. The molecule has 0 saturated carbocycles. The molecule has 1 unspecified atom stereocenters. The van der Waals surface area contributed by atoms with Crippen molar-refractivity contribution in [3.63, 3.8) is 0 Å². The molecule has 0 bridgehead atoms. The van der Waals surface area contributed by atoms with Crippen LogP contribution in [0.5, 0.6) is 0 Å². The number of halogens is 4. The number of rotatable bonds is 2. The fourth-order valence-electron chi connectivity index (χ4n) is 2.10. The number of hydrogen-bond acceptors (Lipinski definition) is 3. The fraction of sp³-hybridized carbons (Fsp3) is 0.455. The van der Waals surface area contributed by atoms with Crippen LogP contribution in [-0.2, 0) is 10.0 Å². The minimum absolute atomic E-state index is 0. The Balaban J connectivity index is 0.00000200. The van der Waals surface area contributed by atoms with Gasteiger partial charge in [0.05, 0.1) is 10.0 Å². The second-order valence-corrected chi connectivity index (χ2v) is 8.07. The first kappa shape index (κ1) is 18.5. The van der Waals surface area contributed by atoms with Gasteiger partial charge >= 0.3 is 0 Å². The molecule has 1 heterocycles. The zero-order valence-electron chi connectivity index (χ0n) is 10.4. The third kappa shape index (κ3) is 3.80. The van der Waals surface area contributed by atoms with Crippen molar-refractivity contribution in [1.82, 2.24) is 4.31 Å². The van der Waals surface area contributed by atoms with Crippen molar-refractivity contribution >= 4 is 61.6 Å². The molecule has 1 fully saturated rings. The molecule has 1 atom stereocenters. The van der Waals surface area contributed by atoms with E-state index in [-0.39, 0.29) is 33.4 Å². The summed E-state index contributed by atoms with van der Waals surface area (Å²) in [5, 5.41) is 0.219. The van der Waals surface area contributed by atoms with Crippen molar-refractivity contribution in [3.8, 4) is 0 Å². The van der Waals surface area contributed by atoms with Crippen molar-refractivity contribution in [2.45, 2.75) is 23.8 Å². The SMILES string of the molecule is Cl.NC1CCCN(S(=O)(=O)c2c(Cl)cc(Br)cc2Cl)C1. The van der Waals surface area contributed by atoms with E-state index in [1.165, 1.54) is 16.4 Å². The Kier molecular flexibility index (Phi) is 6.59.